The van der Waals surface area contributed by atoms with Crippen LogP contribution in [0.1, 0.15) is 42.3 Å². The van der Waals surface area contributed by atoms with Crippen molar-refractivity contribution >= 4 is 23.4 Å². The molecule has 6 nitrogen and oxygen atoms in total. The Morgan fingerprint density at radius 2 is 1.31 bits per heavy atom. The van der Waals surface area contributed by atoms with E-state index in [9.17, 15) is 23.2 Å². The molecule has 3 aromatic carbocycles. The van der Waals surface area contributed by atoms with E-state index in [1.54, 1.807) is 19.1 Å². The number of esters is 2. The summed E-state index contributed by atoms with van der Waals surface area (Å²) in [6.07, 6.45) is 0. The smallest absolute Gasteiger partial charge is 0.333 e. The first-order valence-electron chi connectivity index (χ1n) is 10.7. The average molecular weight is 479 g/mol. The molecule has 1 atom stereocenters. The first-order valence-corrected chi connectivity index (χ1v) is 10.7. The molecule has 3 aromatic rings. The second kappa shape index (κ2) is 11.2. The van der Waals surface area contributed by atoms with Gasteiger partial charge in [0.2, 0.25) is 0 Å². The summed E-state index contributed by atoms with van der Waals surface area (Å²) in [5.74, 6) is -2.63. The highest BCUT2D eigenvalue weighted by Crippen LogP contribution is 2.28. The molecule has 3 rings (SSSR count). The van der Waals surface area contributed by atoms with E-state index >= 15 is 0 Å². The standard InChI is InChI=1S/C27H23F2NO5/c1-16(30-26(32)23-6-4-5-7-24(23)35-18(3)31)27(33)34-17(2)25(19-8-12-21(28)13-9-19)20-10-14-22(29)15-11-20/h4-16H,1-3H3,(H,30,32)/t16-/m0/s1. The van der Waals surface area contributed by atoms with Crippen molar-refractivity contribution in [3.8, 4) is 5.75 Å². The molecule has 0 saturated heterocycles. The van der Waals surface area contributed by atoms with Crippen molar-refractivity contribution in [2.45, 2.75) is 26.8 Å². The Morgan fingerprint density at radius 1 is 0.800 bits per heavy atom. The lowest BCUT2D eigenvalue weighted by atomic mass is 9.97. The van der Waals surface area contributed by atoms with E-state index in [1.807, 2.05) is 0 Å². The van der Waals surface area contributed by atoms with Crippen molar-refractivity contribution in [3.05, 3.63) is 107 Å². The highest BCUT2D eigenvalue weighted by atomic mass is 19.1. The van der Waals surface area contributed by atoms with Gasteiger partial charge in [-0.25, -0.2) is 13.6 Å². The van der Waals surface area contributed by atoms with Crippen molar-refractivity contribution in [2.24, 2.45) is 0 Å². The molecule has 0 aromatic heterocycles. The zero-order valence-electron chi connectivity index (χ0n) is 19.3. The molecule has 35 heavy (non-hydrogen) atoms. The van der Waals surface area contributed by atoms with Gasteiger partial charge >= 0.3 is 11.9 Å². The third kappa shape index (κ3) is 6.60. The highest BCUT2D eigenvalue weighted by molar-refractivity contribution is 5.99. The van der Waals surface area contributed by atoms with Crippen LogP contribution in [0.4, 0.5) is 8.78 Å². The first-order chi connectivity index (χ1) is 16.7. The van der Waals surface area contributed by atoms with Crippen LogP contribution in [0.25, 0.3) is 5.57 Å². The number of benzene rings is 3. The molecule has 0 spiro atoms. The zero-order valence-corrected chi connectivity index (χ0v) is 19.3. The van der Waals surface area contributed by atoms with Gasteiger partial charge in [0.05, 0.1) is 5.56 Å². The number of halogens is 2. The van der Waals surface area contributed by atoms with E-state index in [-0.39, 0.29) is 17.1 Å². The van der Waals surface area contributed by atoms with Crippen molar-refractivity contribution < 1.29 is 32.6 Å². The third-order valence-electron chi connectivity index (χ3n) is 4.96. The maximum atomic E-state index is 13.5. The van der Waals surface area contributed by atoms with Crippen LogP contribution >= 0.6 is 0 Å². The molecule has 0 bridgehead atoms. The maximum absolute atomic E-state index is 13.5. The molecule has 0 aliphatic rings. The molecule has 0 aliphatic carbocycles. The zero-order chi connectivity index (χ0) is 25.5. The van der Waals surface area contributed by atoms with E-state index < -0.39 is 35.5 Å². The van der Waals surface area contributed by atoms with Gasteiger partial charge in [-0.3, -0.25) is 9.59 Å². The lowest BCUT2D eigenvalue weighted by Gasteiger charge is -2.17. The molecule has 180 valence electrons. The van der Waals surface area contributed by atoms with E-state index in [2.05, 4.69) is 5.32 Å². The number of allylic oxidation sites excluding steroid dienone is 1. The minimum Gasteiger partial charge on any atom is -0.429 e. The molecule has 8 heteroatoms. The fourth-order valence-electron chi connectivity index (χ4n) is 3.33. The fraction of sp³-hybridized carbons (Fsp3) is 0.148. The summed E-state index contributed by atoms with van der Waals surface area (Å²) in [7, 11) is 0. The topological polar surface area (TPSA) is 81.7 Å². The van der Waals surface area contributed by atoms with Gasteiger partial charge in [0, 0.05) is 12.5 Å². The lowest BCUT2D eigenvalue weighted by Crippen LogP contribution is -2.39. The molecule has 0 heterocycles. The quantitative estimate of drug-likeness (QED) is 0.292. The molecule has 0 fully saturated rings. The van der Waals surface area contributed by atoms with Crippen LogP contribution in [0.2, 0.25) is 0 Å². The van der Waals surface area contributed by atoms with E-state index in [1.165, 1.54) is 74.5 Å². The van der Waals surface area contributed by atoms with Gasteiger partial charge in [0.25, 0.3) is 5.91 Å². The summed E-state index contributed by atoms with van der Waals surface area (Å²) in [6.45, 7) is 4.20. The van der Waals surface area contributed by atoms with Crippen molar-refractivity contribution in [1.29, 1.82) is 0 Å². The molecule has 0 unspecified atom stereocenters. The molecule has 0 radical (unpaired) electrons. The Hall–Kier alpha value is -4.33. The maximum Gasteiger partial charge on any atom is 0.333 e. The Kier molecular flexibility index (Phi) is 8.09. The second-order valence-electron chi connectivity index (χ2n) is 7.65. The Morgan fingerprint density at radius 3 is 1.83 bits per heavy atom. The SMILES string of the molecule is CC(=O)Oc1ccccc1C(=O)N[C@@H](C)C(=O)OC(C)=C(c1ccc(F)cc1)c1ccc(F)cc1. The van der Waals surface area contributed by atoms with E-state index in [4.69, 9.17) is 9.47 Å². The number of carbonyl (C=O) groups is 3. The molecule has 0 saturated carbocycles. The van der Waals surface area contributed by atoms with Crippen molar-refractivity contribution in [2.75, 3.05) is 0 Å². The van der Waals surface area contributed by atoms with Crippen molar-refractivity contribution in [3.63, 3.8) is 0 Å². The predicted molar refractivity (Wildman–Crippen MR) is 125 cm³/mol. The Balaban J connectivity index is 1.83. The van der Waals surface area contributed by atoms with Crippen LogP contribution in [0.15, 0.2) is 78.6 Å². The minimum atomic E-state index is -1.06. The van der Waals surface area contributed by atoms with Crippen LogP contribution < -0.4 is 10.1 Å². The van der Waals surface area contributed by atoms with Crippen molar-refractivity contribution in [1.82, 2.24) is 5.32 Å². The largest absolute Gasteiger partial charge is 0.429 e. The summed E-state index contributed by atoms with van der Waals surface area (Å²) >= 11 is 0. The summed E-state index contributed by atoms with van der Waals surface area (Å²) in [5.41, 5.74) is 1.63. The van der Waals surface area contributed by atoms with Gasteiger partial charge in [0.1, 0.15) is 29.2 Å². The molecule has 1 amide bonds. The number of hydrogen-bond donors (Lipinski definition) is 1. The Bertz CT molecular complexity index is 1220. The average Bonchev–Trinajstić information content (AvgIpc) is 2.81. The lowest BCUT2D eigenvalue weighted by molar-refractivity contribution is -0.141. The monoisotopic (exact) mass is 479 g/mol. The van der Waals surface area contributed by atoms with Gasteiger partial charge in [-0.2, -0.15) is 0 Å². The molecular weight excluding hydrogens is 456 g/mol. The van der Waals surface area contributed by atoms with Gasteiger partial charge in [-0.05, 0) is 61.4 Å². The van der Waals surface area contributed by atoms with Crippen LogP contribution in [0.5, 0.6) is 5.75 Å². The van der Waals surface area contributed by atoms with Gasteiger partial charge < -0.3 is 14.8 Å². The van der Waals surface area contributed by atoms with Crippen LogP contribution in [-0.2, 0) is 14.3 Å². The van der Waals surface area contributed by atoms with Gasteiger partial charge in [-0.15, -0.1) is 0 Å². The normalized spacial score (nSPS) is 11.2. The number of carbonyl (C=O) groups excluding carboxylic acids is 3. The molecular formula is C27H23F2NO5. The molecule has 1 N–H and O–H groups in total. The number of rotatable bonds is 7. The summed E-state index contributed by atoms with van der Waals surface area (Å²) in [4.78, 5) is 36.8. The molecule has 0 aliphatic heterocycles. The van der Waals surface area contributed by atoms with Gasteiger partial charge in [0.15, 0.2) is 0 Å². The van der Waals surface area contributed by atoms with E-state index in [0.29, 0.717) is 16.7 Å². The fourth-order valence-corrected chi connectivity index (χ4v) is 3.33. The number of para-hydroxylation sites is 1. The Labute approximate surface area is 201 Å². The van der Waals surface area contributed by atoms with Crippen LogP contribution in [0.3, 0.4) is 0 Å². The third-order valence-corrected chi connectivity index (χ3v) is 4.96. The number of nitrogens with one attached hydrogen (secondary N) is 1. The minimum absolute atomic E-state index is 0.0593. The van der Waals surface area contributed by atoms with Crippen LogP contribution in [-0.4, -0.2) is 23.9 Å². The second-order valence-corrected chi connectivity index (χ2v) is 7.65. The summed E-state index contributed by atoms with van der Waals surface area (Å²) in [5, 5.41) is 2.52. The number of ether oxygens (including phenoxy) is 2. The van der Waals surface area contributed by atoms with E-state index in [0.717, 1.165) is 0 Å². The highest BCUT2D eigenvalue weighted by Gasteiger charge is 2.22. The summed E-state index contributed by atoms with van der Waals surface area (Å²) in [6, 6.07) is 16.2. The number of amides is 1. The summed E-state index contributed by atoms with van der Waals surface area (Å²) < 4.78 is 37.5. The van der Waals surface area contributed by atoms with Gasteiger partial charge in [-0.1, -0.05) is 36.4 Å². The first kappa shape index (κ1) is 25.3. The predicted octanol–water partition coefficient (Wildman–Crippen LogP) is 5.03. The van der Waals surface area contributed by atoms with Crippen LogP contribution in [0, 0.1) is 11.6 Å². The number of hydrogen-bond acceptors (Lipinski definition) is 5.